The van der Waals surface area contributed by atoms with Gasteiger partial charge in [0.05, 0.1) is 18.4 Å². The van der Waals surface area contributed by atoms with E-state index in [9.17, 15) is 4.79 Å². The smallest absolute Gasteiger partial charge is 0.336 e. The zero-order chi connectivity index (χ0) is 18.2. The van der Waals surface area contributed by atoms with Crippen LogP contribution >= 0.6 is 0 Å². The second kappa shape index (κ2) is 6.45. The SMILES string of the molecule is O=c1cc(-c2ccccc2)c2ccc3c(c2o1)CN(Cc1ccco1)CO3. The van der Waals surface area contributed by atoms with Crippen LogP contribution < -0.4 is 10.4 Å². The number of rotatable bonds is 3. The summed E-state index contributed by atoms with van der Waals surface area (Å²) in [6.07, 6.45) is 1.66. The van der Waals surface area contributed by atoms with Crippen LogP contribution in [0.25, 0.3) is 22.1 Å². The van der Waals surface area contributed by atoms with Gasteiger partial charge in [-0.3, -0.25) is 4.90 Å². The fourth-order valence-corrected chi connectivity index (χ4v) is 3.56. The van der Waals surface area contributed by atoms with Gasteiger partial charge in [0.15, 0.2) is 0 Å². The molecule has 5 heteroatoms. The molecule has 0 saturated heterocycles. The topological polar surface area (TPSA) is 55.8 Å². The van der Waals surface area contributed by atoms with Crippen molar-refractivity contribution in [1.82, 2.24) is 4.90 Å². The third kappa shape index (κ3) is 2.92. The number of hydrogen-bond donors (Lipinski definition) is 0. The molecule has 0 N–H and O–H groups in total. The molecule has 5 nitrogen and oxygen atoms in total. The maximum absolute atomic E-state index is 12.3. The van der Waals surface area contributed by atoms with Crippen LogP contribution in [0.5, 0.6) is 5.75 Å². The van der Waals surface area contributed by atoms with Crippen molar-refractivity contribution in [2.75, 3.05) is 6.73 Å². The van der Waals surface area contributed by atoms with Crippen LogP contribution in [0.3, 0.4) is 0 Å². The summed E-state index contributed by atoms with van der Waals surface area (Å²) in [5.41, 5.74) is 2.97. The van der Waals surface area contributed by atoms with E-state index in [-0.39, 0.29) is 5.63 Å². The predicted molar refractivity (Wildman–Crippen MR) is 101 cm³/mol. The van der Waals surface area contributed by atoms with Gasteiger partial charge in [-0.25, -0.2) is 4.79 Å². The van der Waals surface area contributed by atoms with E-state index in [1.807, 2.05) is 54.6 Å². The molecule has 3 heterocycles. The van der Waals surface area contributed by atoms with Crippen LogP contribution in [0.1, 0.15) is 11.3 Å². The van der Waals surface area contributed by atoms with Gasteiger partial charge in [0.25, 0.3) is 0 Å². The highest BCUT2D eigenvalue weighted by atomic mass is 16.5. The van der Waals surface area contributed by atoms with E-state index in [1.54, 1.807) is 12.3 Å². The Kier molecular flexibility index (Phi) is 3.80. The van der Waals surface area contributed by atoms with Gasteiger partial charge in [0, 0.05) is 18.0 Å². The Hall–Kier alpha value is -3.31. The molecule has 5 rings (SSSR count). The summed E-state index contributed by atoms with van der Waals surface area (Å²) in [6.45, 7) is 1.71. The molecule has 0 bridgehead atoms. The quantitative estimate of drug-likeness (QED) is 0.507. The third-order valence-electron chi connectivity index (χ3n) is 4.80. The Morgan fingerprint density at radius 2 is 1.89 bits per heavy atom. The lowest BCUT2D eigenvalue weighted by Crippen LogP contribution is -2.31. The minimum atomic E-state index is -0.363. The Bertz CT molecular complexity index is 1150. The van der Waals surface area contributed by atoms with E-state index in [2.05, 4.69) is 4.90 Å². The van der Waals surface area contributed by atoms with Crippen LogP contribution in [-0.4, -0.2) is 11.6 Å². The Morgan fingerprint density at radius 1 is 1.00 bits per heavy atom. The average molecular weight is 359 g/mol. The standard InChI is InChI=1S/C22H17NO4/c24-21-11-18(15-5-2-1-3-6-15)17-8-9-20-19(22(17)27-21)13-23(14-26-20)12-16-7-4-10-25-16/h1-11H,12-14H2. The maximum atomic E-state index is 12.3. The predicted octanol–water partition coefficient (Wildman–Crippen LogP) is 4.41. The number of fused-ring (bicyclic) bond motifs is 3. The van der Waals surface area contributed by atoms with Crippen molar-refractivity contribution in [1.29, 1.82) is 0 Å². The molecule has 4 aromatic rings. The highest BCUT2D eigenvalue weighted by Gasteiger charge is 2.23. The van der Waals surface area contributed by atoms with Gasteiger partial charge in [-0.05, 0) is 35.4 Å². The second-order valence-electron chi connectivity index (χ2n) is 6.60. The lowest BCUT2D eigenvalue weighted by Gasteiger charge is -2.28. The number of nitrogens with zero attached hydrogens (tertiary/aromatic N) is 1. The summed E-state index contributed by atoms with van der Waals surface area (Å²) in [7, 11) is 0. The summed E-state index contributed by atoms with van der Waals surface area (Å²) in [5.74, 6) is 1.63. The first-order chi connectivity index (χ1) is 13.3. The van der Waals surface area contributed by atoms with Crippen molar-refractivity contribution in [3.05, 3.63) is 88.7 Å². The monoisotopic (exact) mass is 359 g/mol. The molecule has 134 valence electrons. The van der Waals surface area contributed by atoms with E-state index >= 15 is 0 Å². The fraction of sp³-hybridized carbons (Fsp3) is 0.136. The molecule has 0 radical (unpaired) electrons. The molecule has 0 unspecified atom stereocenters. The number of furan rings is 1. The summed E-state index contributed by atoms with van der Waals surface area (Å²) < 4.78 is 17.0. The minimum absolute atomic E-state index is 0.363. The summed E-state index contributed by atoms with van der Waals surface area (Å²) in [5, 5.41) is 0.906. The van der Waals surface area contributed by atoms with Crippen LogP contribution in [0.15, 0.2) is 80.6 Å². The molecule has 0 aliphatic carbocycles. The van der Waals surface area contributed by atoms with Crippen molar-refractivity contribution in [3.63, 3.8) is 0 Å². The van der Waals surface area contributed by atoms with Gasteiger partial charge >= 0.3 is 5.63 Å². The van der Waals surface area contributed by atoms with Crippen LogP contribution in [-0.2, 0) is 13.1 Å². The largest absolute Gasteiger partial charge is 0.478 e. The number of hydrogen-bond acceptors (Lipinski definition) is 5. The highest BCUT2D eigenvalue weighted by Crippen LogP contribution is 2.36. The van der Waals surface area contributed by atoms with E-state index < -0.39 is 0 Å². The molecule has 0 atom stereocenters. The van der Waals surface area contributed by atoms with Crippen molar-refractivity contribution >= 4 is 11.0 Å². The molecule has 1 aliphatic heterocycles. The highest BCUT2D eigenvalue weighted by molar-refractivity contribution is 5.95. The first-order valence-corrected chi connectivity index (χ1v) is 8.80. The average Bonchev–Trinajstić information content (AvgIpc) is 3.21. The van der Waals surface area contributed by atoms with Gasteiger partial charge in [0.2, 0.25) is 0 Å². The molecule has 0 spiro atoms. The Balaban J connectivity index is 1.62. The van der Waals surface area contributed by atoms with Gasteiger partial charge in [0.1, 0.15) is 23.8 Å². The minimum Gasteiger partial charge on any atom is -0.478 e. The van der Waals surface area contributed by atoms with Gasteiger partial charge in [-0.2, -0.15) is 0 Å². The molecule has 0 fully saturated rings. The van der Waals surface area contributed by atoms with E-state index in [0.717, 1.165) is 33.6 Å². The van der Waals surface area contributed by atoms with E-state index in [0.29, 0.717) is 25.4 Å². The molecule has 0 amide bonds. The van der Waals surface area contributed by atoms with Crippen molar-refractivity contribution in [2.45, 2.75) is 13.1 Å². The van der Waals surface area contributed by atoms with Gasteiger partial charge < -0.3 is 13.6 Å². The van der Waals surface area contributed by atoms with Gasteiger partial charge in [-0.15, -0.1) is 0 Å². The molecular weight excluding hydrogens is 342 g/mol. The first-order valence-electron chi connectivity index (χ1n) is 8.80. The van der Waals surface area contributed by atoms with E-state index in [1.165, 1.54) is 0 Å². The summed E-state index contributed by atoms with van der Waals surface area (Å²) in [6, 6.07) is 19.1. The molecule has 27 heavy (non-hydrogen) atoms. The molecule has 1 aliphatic rings. The first kappa shape index (κ1) is 15.9. The lowest BCUT2D eigenvalue weighted by atomic mass is 9.99. The zero-order valence-corrected chi connectivity index (χ0v) is 14.6. The molecule has 2 aromatic heterocycles. The number of benzene rings is 2. The lowest BCUT2D eigenvalue weighted by molar-refractivity contribution is 0.0826. The van der Waals surface area contributed by atoms with Crippen LogP contribution in [0.4, 0.5) is 0 Å². The van der Waals surface area contributed by atoms with Crippen LogP contribution in [0, 0.1) is 0 Å². The Labute approximate surface area is 155 Å². The fourth-order valence-electron chi connectivity index (χ4n) is 3.56. The maximum Gasteiger partial charge on any atom is 0.336 e. The Morgan fingerprint density at radius 3 is 2.70 bits per heavy atom. The molecular formula is C22H17NO4. The van der Waals surface area contributed by atoms with Crippen molar-refractivity contribution in [2.24, 2.45) is 0 Å². The normalized spacial score (nSPS) is 14.1. The van der Waals surface area contributed by atoms with Crippen molar-refractivity contribution in [3.8, 4) is 16.9 Å². The summed E-state index contributed by atoms with van der Waals surface area (Å²) in [4.78, 5) is 14.4. The zero-order valence-electron chi connectivity index (χ0n) is 14.6. The third-order valence-corrected chi connectivity index (χ3v) is 4.80. The number of ether oxygens (including phenoxy) is 1. The summed E-state index contributed by atoms with van der Waals surface area (Å²) >= 11 is 0. The van der Waals surface area contributed by atoms with Gasteiger partial charge in [-0.1, -0.05) is 30.3 Å². The molecule has 0 saturated carbocycles. The van der Waals surface area contributed by atoms with Crippen LogP contribution in [0.2, 0.25) is 0 Å². The van der Waals surface area contributed by atoms with Crippen molar-refractivity contribution < 1.29 is 13.6 Å². The second-order valence-corrected chi connectivity index (χ2v) is 6.60. The molecule has 2 aromatic carbocycles. The van der Waals surface area contributed by atoms with E-state index in [4.69, 9.17) is 13.6 Å².